The summed E-state index contributed by atoms with van der Waals surface area (Å²) in [5, 5.41) is 7.39. The molecule has 1 atom stereocenters. The van der Waals surface area contributed by atoms with E-state index in [4.69, 9.17) is 5.73 Å². The standard InChI is InChI=1S/C18H24N4O2S2.ClH/c1-10(2)16(19)17(24)20-8-15(23)22-14-6-5-13(7-11(14)3)26-18-21-12(4)9-25-18;/h5-7,9-10,16H,8,19H2,1-4H3,(H,20,24)(H,22,23);1H/t16-;/m0./s1. The van der Waals surface area contributed by atoms with E-state index in [0.717, 1.165) is 26.2 Å². The number of amides is 2. The summed E-state index contributed by atoms with van der Waals surface area (Å²) in [6.45, 7) is 7.52. The Kier molecular flexibility index (Phi) is 9.25. The Morgan fingerprint density at radius 2 is 2.00 bits per heavy atom. The molecule has 27 heavy (non-hydrogen) atoms. The third-order valence-electron chi connectivity index (χ3n) is 3.72. The Balaban J connectivity index is 0.00000364. The maximum Gasteiger partial charge on any atom is 0.243 e. The predicted molar refractivity (Wildman–Crippen MR) is 114 cm³/mol. The summed E-state index contributed by atoms with van der Waals surface area (Å²) >= 11 is 3.20. The van der Waals surface area contributed by atoms with Gasteiger partial charge in [0.25, 0.3) is 0 Å². The molecule has 0 aliphatic carbocycles. The minimum atomic E-state index is -0.615. The van der Waals surface area contributed by atoms with Gasteiger partial charge in [-0.05, 0) is 43.5 Å². The van der Waals surface area contributed by atoms with Crippen molar-refractivity contribution in [1.82, 2.24) is 10.3 Å². The smallest absolute Gasteiger partial charge is 0.243 e. The van der Waals surface area contributed by atoms with E-state index in [-0.39, 0.29) is 36.7 Å². The van der Waals surface area contributed by atoms with E-state index >= 15 is 0 Å². The van der Waals surface area contributed by atoms with Gasteiger partial charge in [0.05, 0.1) is 12.6 Å². The van der Waals surface area contributed by atoms with Crippen LogP contribution in [0.3, 0.4) is 0 Å². The van der Waals surface area contributed by atoms with Crippen LogP contribution in [0.25, 0.3) is 0 Å². The molecule has 1 aromatic heterocycles. The SMILES string of the molecule is Cc1csc(Sc2ccc(NC(=O)CNC(=O)[C@@H](N)C(C)C)c(C)c2)n1.Cl. The Morgan fingerprint density at radius 3 is 2.56 bits per heavy atom. The van der Waals surface area contributed by atoms with Crippen molar-refractivity contribution in [3.63, 3.8) is 0 Å². The van der Waals surface area contributed by atoms with Crippen LogP contribution in [-0.2, 0) is 9.59 Å². The Hall–Kier alpha value is -1.61. The molecule has 0 aliphatic heterocycles. The molecule has 2 amide bonds. The highest BCUT2D eigenvalue weighted by atomic mass is 35.5. The minimum Gasteiger partial charge on any atom is -0.346 e. The highest BCUT2D eigenvalue weighted by Crippen LogP contribution is 2.32. The number of carbonyl (C=O) groups is 2. The van der Waals surface area contributed by atoms with E-state index in [2.05, 4.69) is 15.6 Å². The van der Waals surface area contributed by atoms with Crippen LogP contribution in [0.5, 0.6) is 0 Å². The molecule has 6 nitrogen and oxygen atoms in total. The lowest BCUT2D eigenvalue weighted by Gasteiger charge is -2.15. The number of anilines is 1. The molecule has 0 fully saturated rings. The second kappa shape index (κ2) is 10.7. The molecule has 0 saturated carbocycles. The molecule has 1 heterocycles. The number of nitrogens with zero attached hydrogens (tertiary/aromatic N) is 1. The van der Waals surface area contributed by atoms with Crippen molar-refractivity contribution in [2.75, 3.05) is 11.9 Å². The van der Waals surface area contributed by atoms with Crippen molar-refractivity contribution in [2.45, 2.75) is 43.0 Å². The van der Waals surface area contributed by atoms with Crippen LogP contribution < -0.4 is 16.4 Å². The van der Waals surface area contributed by atoms with Gasteiger partial charge in [-0.15, -0.1) is 23.7 Å². The third kappa shape index (κ3) is 7.14. The monoisotopic (exact) mass is 428 g/mol. The Bertz CT molecular complexity index is 795. The summed E-state index contributed by atoms with van der Waals surface area (Å²) in [5.41, 5.74) is 8.43. The van der Waals surface area contributed by atoms with E-state index in [1.165, 1.54) is 0 Å². The maximum absolute atomic E-state index is 12.1. The fourth-order valence-electron chi connectivity index (χ4n) is 2.10. The molecule has 0 spiro atoms. The quantitative estimate of drug-likeness (QED) is 0.628. The topological polar surface area (TPSA) is 97.1 Å². The number of carbonyl (C=O) groups excluding carboxylic acids is 2. The van der Waals surface area contributed by atoms with Gasteiger partial charge in [-0.3, -0.25) is 9.59 Å². The largest absolute Gasteiger partial charge is 0.346 e. The predicted octanol–water partition coefficient (Wildman–Crippen LogP) is 3.37. The van der Waals surface area contributed by atoms with E-state index < -0.39 is 6.04 Å². The Labute approximate surface area is 174 Å². The minimum absolute atomic E-state index is 0. The van der Waals surface area contributed by atoms with Crippen molar-refractivity contribution in [3.8, 4) is 0 Å². The van der Waals surface area contributed by atoms with E-state index in [1.807, 2.05) is 51.3 Å². The van der Waals surface area contributed by atoms with Gasteiger partial charge in [0.15, 0.2) is 4.34 Å². The molecule has 2 aromatic rings. The van der Waals surface area contributed by atoms with E-state index in [9.17, 15) is 9.59 Å². The van der Waals surface area contributed by atoms with E-state index in [0.29, 0.717) is 0 Å². The van der Waals surface area contributed by atoms with E-state index in [1.54, 1.807) is 23.1 Å². The maximum atomic E-state index is 12.1. The van der Waals surface area contributed by atoms with Gasteiger partial charge in [-0.1, -0.05) is 25.6 Å². The molecule has 0 aliphatic rings. The van der Waals surface area contributed by atoms with Crippen LogP contribution >= 0.6 is 35.5 Å². The fourth-order valence-corrected chi connectivity index (χ4v) is 4.01. The van der Waals surface area contributed by atoms with Gasteiger partial charge >= 0.3 is 0 Å². The van der Waals surface area contributed by atoms with Crippen LogP contribution in [-0.4, -0.2) is 29.4 Å². The van der Waals surface area contributed by atoms with Crippen LogP contribution in [0, 0.1) is 19.8 Å². The number of halogens is 1. The van der Waals surface area contributed by atoms with Gasteiger partial charge in [0.1, 0.15) is 0 Å². The summed E-state index contributed by atoms with van der Waals surface area (Å²) in [4.78, 5) is 29.4. The lowest BCUT2D eigenvalue weighted by atomic mass is 10.1. The first kappa shape index (κ1) is 23.4. The lowest BCUT2D eigenvalue weighted by Crippen LogP contribution is -2.46. The van der Waals surface area contributed by atoms with Crippen molar-refractivity contribution in [1.29, 1.82) is 0 Å². The molecule has 0 unspecified atom stereocenters. The zero-order valence-electron chi connectivity index (χ0n) is 15.7. The van der Waals surface area contributed by atoms with Gasteiger partial charge < -0.3 is 16.4 Å². The molecule has 4 N–H and O–H groups in total. The molecule has 9 heteroatoms. The number of hydrogen-bond acceptors (Lipinski definition) is 6. The summed E-state index contributed by atoms with van der Waals surface area (Å²) < 4.78 is 0.989. The summed E-state index contributed by atoms with van der Waals surface area (Å²) in [6.07, 6.45) is 0. The van der Waals surface area contributed by atoms with Gasteiger partial charge in [0, 0.05) is 21.7 Å². The summed E-state index contributed by atoms with van der Waals surface area (Å²) in [7, 11) is 0. The molecule has 0 radical (unpaired) electrons. The third-order valence-corrected chi connectivity index (χ3v) is 5.77. The first-order valence-electron chi connectivity index (χ1n) is 8.30. The van der Waals surface area contributed by atoms with Gasteiger partial charge in [-0.2, -0.15) is 0 Å². The Morgan fingerprint density at radius 1 is 1.30 bits per heavy atom. The molecule has 0 saturated heterocycles. The average Bonchev–Trinajstić information content (AvgIpc) is 2.99. The number of aromatic nitrogens is 1. The van der Waals surface area contributed by atoms with Crippen LogP contribution in [0.2, 0.25) is 0 Å². The highest BCUT2D eigenvalue weighted by molar-refractivity contribution is 8.01. The molecular weight excluding hydrogens is 404 g/mol. The van der Waals surface area contributed by atoms with Crippen LogP contribution in [0.15, 0.2) is 32.8 Å². The average molecular weight is 429 g/mol. The number of rotatable bonds is 7. The zero-order valence-corrected chi connectivity index (χ0v) is 18.2. The molecule has 148 valence electrons. The molecule has 1 aromatic carbocycles. The number of aryl methyl sites for hydroxylation is 2. The summed E-state index contributed by atoms with van der Waals surface area (Å²) in [6, 6.07) is 5.19. The van der Waals surface area contributed by atoms with Crippen molar-refractivity contribution in [3.05, 3.63) is 34.8 Å². The zero-order chi connectivity index (χ0) is 19.3. The second-order valence-corrected chi connectivity index (χ2v) is 8.55. The van der Waals surface area contributed by atoms with Crippen LogP contribution in [0.1, 0.15) is 25.1 Å². The summed E-state index contributed by atoms with van der Waals surface area (Å²) in [5.74, 6) is -0.585. The number of hydrogen-bond donors (Lipinski definition) is 3. The van der Waals surface area contributed by atoms with Gasteiger partial charge in [0.2, 0.25) is 11.8 Å². The van der Waals surface area contributed by atoms with Crippen molar-refractivity contribution < 1.29 is 9.59 Å². The molecule has 0 bridgehead atoms. The van der Waals surface area contributed by atoms with Crippen molar-refractivity contribution in [2.24, 2.45) is 11.7 Å². The number of nitrogens with two attached hydrogens (primary N) is 1. The number of nitrogens with one attached hydrogen (secondary N) is 2. The number of benzene rings is 1. The highest BCUT2D eigenvalue weighted by Gasteiger charge is 2.17. The van der Waals surface area contributed by atoms with Gasteiger partial charge in [-0.25, -0.2) is 4.98 Å². The lowest BCUT2D eigenvalue weighted by molar-refractivity contribution is -0.125. The number of thiazole rings is 1. The normalized spacial score (nSPS) is 11.6. The van der Waals surface area contributed by atoms with Crippen molar-refractivity contribution >= 4 is 53.0 Å². The molecule has 2 rings (SSSR count). The molecular formula is C18H25ClN4O2S2. The second-order valence-electron chi connectivity index (χ2n) is 6.37. The van der Waals surface area contributed by atoms with Crippen LogP contribution in [0.4, 0.5) is 5.69 Å². The fraction of sp³-hybridized carbons (Fsp3) is 0.389. The first-order chi connectivity index (χ1) is 12.3. The first-order valence-corrected chi connectivity index (χ1v) is 9.99.